The lowest BCUT2D eigenvalue weighted by molar-refractivity contribution is 0.0933. The number of hydrogen-bond acceptors (Lipinski definition) is 5. The number of aliphatic hydroxyl groups is 1. The third-order valence-corrected chi connectivity index (χ3v) is 4.87. The fraction of sp³-hybridized carbons (Fsp3) is 0.292. The fourth-order valence-electron chi connectivity index (χ4n) is 3.39. The third kappa shape index (κ3) is 7.06. The van der Waals surface area contributed by atoms with Gasteiger partial charge in [0.2, 0.25) is 0 Å². The monoisotopic (exact) mass is 408 g/mol. The molecule has 1 amide bonds. The van der Waals surface area contributed by atoms with Gasteiger partial charge in [0.05, 0.1) is 24.3 Å². The molecule has 6 nitrogen and oxygen atoms in total. The lowest BCUT2D eigenvalue weighted by Crippen LogP contribution is -2.59. The summed E-state index contributed by atoms with van der Waals surface area (Å²) in [7, 11) is 0. The van der Waals surface area contributed by atoms with Crippen molar-refractivity contribution < 1.29 is 19.1 Å². The van der Waals surface area contributed by atoms with Crippen LogP contribution in [-0.4, -0.2) is 23.0 Å². The lowest BCUT2D eigenvalue weighted by atomic mass is 9.92. The topological polar surface area (TPSA) is 97.7 Å². The maximum atomic E-state index is 12.4. The molecule has 0 aliphatic rings. The minimum Gasteiger partial charge on any atom is -0.472 e. The molecule has 2 atom stereocenters. The number of carbonyl (C=O) groups is 1. The smallest absolute Gasteiger partial charge is 0.408 e. The second-order valence-electron chi connectivity index (χ2n) is 7.53. The molecule has 6 heteroatoms. The van der Waals surface area contributed by atoms with E-state index in [4.69, 9.17) is 14.9 Å². The zero-order chi connectivity index (χ0) is 21.2. The van der Waals surface area contributed by atoms with Crippen molar-refractivity contribution in [1.29, 1.82) is 0 Å². The van der Waals surface area contributed by atoms with Crippen molar-refractivity contribution >= 4 is 6.09 Å². The molecule has 1 aromatic heterocycles. The predicted molar refractivity (Wildman–Crippen MR) is 114 cm³/mol. The van der Waals surface area contributed by atoms with Gasteiger partial charge < -0.3 is 25.3 Å². The van der Waals surface area contributed by atoms with Gasteiger partial charge in [-0.25, -0.2) is 4.79 Å². The largest absolute Gasteiger partial charge is 0.472 e. The van der Waals surface area contributed by atoms with E-state index in [1.165, 1.54) is 12.5 Å². The standard InChI is InChI=1S/C24H28N2O4/c25-24(15-20-9-5-2-6-10-20,26-23(28)30-18-21-13-14-29-17-21)16-22(27)12-11-19-7-3-1-4-8-19/h1-10,13-14,17,22,27H,11-12,15-16,18,25H2,(H,26,28). The summed E-state index contributed by atoms with van der Waals surface area (Å²) < 4.78 is 10.2. The minimum absolute atomic E-state index is 0.0836. The van der Waals surface area contributed by atoms with Crippen molar-refractivity contribution in [2.24, 2.45) is 5.73 Å². The number of carbonyl (C=O) groups excluding carboxylic acids is 1. The molecule has 0 spiro atoms. The molecular weight excluding hydrogens is 380 g/mol. The van der Waals surface area contributed by atoms with E-state index in [1.807, 2.05) is 60.7 Å². The Morgan fingerprint density at radius 3 is 2.33 bits per heavy atom. The van der Waals surface area contributed by atoms with E-state index in [1.54, 1.807) is 6.07 Å². The third-order valence-electron chi connectivity index (χ3n) is 4.87. The number of ether oxygens (including phenoxy) is 1. The van der Waals surface area contributed by atoms with E-state index in [9.17, 15) is 9.90 Å². The Morgan fingerprint density at radius 2 is 1.70 bits per heavy atom. The summed E-state index contributed by atoms with van der Waals surface area (Å²) in [5.74, 6) is 0. The Hall–Kier alpha value is -3.09. The van der Waals surface area contributed by atoms with Gasteiger partial charge in [0.1, 0.15) is 6.61 Å². The highest BCUT2D eigenvalue weighted by Crippen LogP contribution is 2.18. The number of aryl methyl sites for hydroxylation is 1. The highest BCUT2D eigenvalue weighted by molar-refractivity contribution is 5.68. The van der Waals surface area contributed by atoms with Gasteiger partial charge in [-0.1, -0.05) is 60.7 Å². The maximum absolute atomic E-state index is 12.4. The zero-order valence-electron chi connectivity index (χ0n) is 16.9. The van der Waals surface area contributed by atoms with Gasteiger partial charge in [0.25, 0.3) is 0 Å². The summed E-state index contributed by atoms with van der Waals surface area (Å²) in [5, 5.41) is 13.4. The van der Waals surface area contributed by atoms with Gasteiger partial charge in [0.15, 0.2) is 0 Å². The average Bonchev–Trinajstić information content (AvgIpc) is 3.26. The van der Waals surface area contributed by atoms with Crippen LogP contribution >= 0.6 is 0 Å². The molecule has 3 aromatic rings. The number of rotatable bonds is 10. The fourth-order valence-corrected chi connectivity index (χ4v) is 3.39. The van der Waals surface area contributed by atoms with Gasteiger partial charge in [-0.05, 0) is 30.0 Å². The van der Waals surface area contributed by atoms with Gasteiger partial charge in [-0.15, -0.1) is 0 Å². The maximum Gasteiger partial charge on any atom is 0.408 e. The number of furan rings is 1. The van der Waals surface area contributed by atoms with Crippen LogP contribution in [0.5, 0.6) is 0 Å². The van der Waals surface area contributed by atoms with Crippen molar-refractivity contribution in [3.63, 3.8) is 0 Å². The van der Waals surface area contributed by atoms with E-state index in [2.05, 4.69) is 5.32 Å². The van der Waals surface area contributed by atoms with Crippen LogP contribution in [0.2, 0.25) is 0 Å². The molecule has 0 aliphatic carbocycles. The molecule has 158 valence electrons. The van der Waals surface area contributed by atoms with E-state index in [0.717, 1.165) is 23.1 Å². The summed E-state index contributed by atoms with van der Waals surface area (Å²) in [6, 6.07) is 21.3. The van der Waals surface area contributed by atoms with Gasteiger partial charge in [-0.2, -0.15) is 0 Å². The molecule has 1 heterocycles. The highest BCUT2D eigenvalue weighted by Gasteiger charge is 2.31. The van der Waals surface area contributed by atoms with Crippen LogP contribution in [0.15, 0.2) is 83.7 Å². The Balaban J connectivity index is 1.61. The molecule has 2 aromatic carbocycles. The molecule has 0 saturated carbocycles. The van der Waals surface area contributed by atoms with Crippen molar-refractivity contribution in [3.8, 4) is 0 Å². The molecule has 2 unspecified atom stereocenters. The number of aliphatic hydroxyl groups excluding tert-OH is 1. The summed E-state index contributed by atoms with van der Waals surface area (Å²) in [6.07, 6.45) is 3.57. The molecule has 0 radical (unpaired) electrons. The van der Waals surface area contributed by atoms with Crippen LogP contribution in [0.4, 0.5) is 4.79 Å². The highest BCUT2D eigenvalue weighted by atomic mass is 16.5. The molecule has 0 bridgehead atoms. The Bertz CT molecular complexity index is 884. The average molecular weight is 408 g/mol. The molecule has 4 N–H and O–H groups in total. The summed E-state index contributed by atoms with van der Waals surface area (Å²) in [5.41, 5.74) is 8.27. The number of amides is 1. The Labute approximate surface area is 176 Å². The van der Waals surface area contributed by atoms with Crippen molar-refractivity contribution in [3.05, 3.63) is 95.9 Å². The molecule has 0 aliphatic heterocycles. The lowest BCUT2D eigenvalue weighted by Gasteiger charge is -2.32. The van der Waals surface area contributed by atoms with Crippen molar-refractivity contribution in [1.82, 2.24) is 5.32 Å². The van der Waals surface area contributed by atoms with E-state index < -0.39 is 17.9 Å². The number of nitrogens with one attached hydrogen (secondary N) is 1. The van der Waals surface area contributed by atoms with E-state index >= 15 is 0 Å². The predicted octanol–water partition coefficient (Wildman–Crippen LogP) is 3.79. The molecule has 30 heavy (non-hydrogen) atoms. The molecule has 0 fully saturated rings. The van der Waals surface area contributed by atoms with Crippen LogP contribution in [0.3, 0.4) is 0 Å². The number of alkyl carbamates (subject to hydrolysis) is 1. The summed E-state index contributed by atoms with van der Waals surface area (Å²) in [4.78, 5) is 12.4. The Morgan fingerprint density at radius 1 is 1.03 bits per heavy atom. The molecule has 0 saturated heterocycles. The summed E-state index contributed by atoms with van der Waals surface area (Å²) >= 11 is 0. The first kappa shape index (κ1) is 21.6. The van der Waals surface area contributed by atoms with E-state index in [0.29, 0.717) is 12.8 Å². The number of nitrogens with two attached hydrogens (primary N) is 1. The number of hydrogen-bond donors (Lipinski definition) is 3. The van der Waals surface area contributed by atoms with Crippen LogP contribution in [0, 0.1) is 0 Å². The first-order chi connectivity index (χ1) is 14.5. The van der Waals surface area contributed by atoms with Gasteiger partial charge >= 0.3 is 6.09 Å². The minimum atomic E-state index is -1.15. The van der Waals surface area contributed by atoms with Gasteiger partial charge in [0, 0.05) is 18.4 Å². The normalized spacial score (nSPS) is 13.9. The first-order valence-electron chi connectivity index (χ1n) is 10.0. The van der Waals surface area contributed by atoms with Gasteiger partial charge in [-0.3, -0.25) is 0 Å². The number of benzene rings is 2. The van der Waals surface area contributed by atoms with Crippen LogP contribution < -0.4 is 11.1 Å². The summed E-state index contributed by atoms with van der Waals surface area (Å²) in [6.45, 7) is 0.0836. The van der Waals surface area contributed by atoms with Crippen LogP contribution in [0.25, 0.3) is 0 Å². The molecular formula is C24H28N2O4. The van der Waals surface area contributed by atoms with E-state index in [-0.39, 0.29) is 13.0 Å². The van der Waals surface area contributed by atoms with Crippen LogP contribution in [-0.2, 0) is 24.2 Å². The Kier molecular flexibility index (Phi) is 7.65. The molecule has 3 rings (SSSR count). The zero-order valence-corrected chi connectivity index (χ0v) is 16.9. The first-order valence-corrected chi connectivity index (χ1v) is 10.0. The SMILES string of the molecule is NC(Cc1ccccc1)(CC(O)CCc1ccccc1)NC(=O)OCc1ccoc1. The van der Waals surface area contributed by atoms with Crippen LogP contribution in [0.1, 0.15) is 29.5 Å². The second-order valence-corrected chi connectivity index (χ2v) is 7.53. The van der Waals surface area contributed by atoms with Crippen molar-refractivity contribution in [2.45, 2.75) is 44.1 Å². The van der Waals surface area contributed by atoms with Crippen molar-refractivity contribution in [2.75, 3.05) is 0 Å². The quantitative estimate of drug-likeness (QED) is 0.444. The second kappa shape index (κ2) is 10.6.